The van der Waals surface area contributed by atoms with Crippen LogP contribution < -0.4 is 10.5 Å². The molecule has 19 heavy (non-hydrogen) atoms. The van der Waals surface area contributed by atoms with Gasteiger partial charge in [0.25, 0.3) is 0 Å². The van der Waals surface area contributed by atoms with Crippen LogP contribution in [0, 0.1) is 0 Å². The molecule has 0 saturated heterocycles. The topological polar surface area (TPSA) is 53.1 Å². The number of hydrogen-bond donors (Lipinski definition) is 1. The zero-order valence-corrected chi connectivity index (χ0v) is 11.9. The van der Waals surface area contributed by atoms with E-state index in [2.05, 4.69) is 12.0 Å². The minimum absolute atomic E-state index is 0.0798. The van der Waals surface area contributed by atoms with Crippen molar-refractivity contribution in [1.82, 2.24) is 9.78 Å². The summed E-state index contributed by atoms with van der Waals surface area (Å²) in [5.74, 6) is 1.43. The first kappa shape index (κ1) is 13.9. The van der Waals surface area contributed by atoms with Crippen molar-refractivity contribution in [2.75, 3.05) is 0 Å². The first-order valence-electron chi connectivity index (χ1n) is 6.29. The Morgan fingerprint density at radius 1 is 1.47 bits per heavy atom. The van der Waals surface area contributed by atoms with E-state index in [0.29, 0.717) is 17.2 Å². The minimum atomic E-state index is 0.0798. The highest BCUT2D eigenvalue weighted by atomic mass is 35.5. The minimum Gasteiger partial charge on any atom is -0.454 e. The van der Waals surface area contributed by atoms with Crippen molar-refractivity contribution in [3.8, 4) is 11.5 Å². The average molecular weight is 280 g/mol. The molecule has 2 N–H and O–H groups in total. The molecule has 1 heterocycles. The van der Waals surface area contributed by atoms with Crippen molar-refractivity contribution >= 4 is 11.6 Å². The summed E-state index contributed by atoms with van der Waals surface area (Å²) < 4.78 is 7.53. The van der Waals surface area contributed by atoms with Gasteiger partial charge >= 0.3 is 0 Å². The van der Waals surface area contributed by atoms with Gasteiger partial charge in [0.2, 0.25) is 0 Å². The van der Waals surface area contributed by atoms with Crippen molar-refractivity contribution in [1.29, 1.82) is 0 Å². The molecule has 0 saturated carbocycles. The third kappa shape index (κ3) is 3.49. The van der Waals surface area contributed by atoms with Crippen LogP contribution in [0.4, 0.5) is 0 Å². The summed E-state index contributed by atoms with van der Waals surface area (Å²) in [6, 6.07) is 5.71. The van der Waals surface area contributed by atoms with Crippen LogP contribution in [0.5, 0.6) is 11.5 Å². The van der Waals surface area contributed by atoms with E-state index in [0.717, 1.165) is 17.7 Å². The molecule has 0 aliphatic heterocycles. The van der Waals surface area contributed by atoms with Crippen molar-refractivity contribution < 1.29 is 4.74 Å². The molecule has 1 aromatic carbocycles. The molecule has 1 aromatic heterocycles. The quantitative estimate of drug-likeness (QED) is 0.915. The molecule has 0 bridgehead atoms. The maximum atomic E-state index is 6.25. The van der Waals surface area contributed by atoms with Crippen LogP contribution in [0.1, 0.15) is 18.9 Å². The predicted octanol–water partition coefficient (Wildman–Crippen LogP) is 3.15. The van der Waals surface area contributed by atoms with E-state index in [9.17, 15) is 0 Å². The van der Waals surface area contributed by atoms with Gasteiger partial charge in [0.05, 0.1) is 12.4 Å². The van der Waals surface area contributed by atoms with Crippen LogP contribution >= 0.6 is 11.6 Å². The Hall–Kier alpha value is -1.52. The number of aromatic nitrogens is 2. The van der Waals surface area contributed by atoms with E-state index in [-0.39, 0.29) is 6.04 Å². The zero-order chi connectivity index (χ0) is 13.8. The molecule has 1 unspecified atom stereocenters. The fourth-order valence-corrected chi connectivity index (χ4v) is 2.06. The summed E-state index contributed by atoms with van der Waals surface area (Å²) in [6.45, 7) is 2.06. The molecular weight excluding hydrogens is 262 g/mol. The molecule has 0 aliphatic carbocycles. The molecule has 0 radical (unpaired) electrons. The Morgan fingerprint density at radius 3 is 2.89 bits per heavy atom. The molecule has 5 heteroatoms. The molecule has 0 amide bonds. The van der Waals surface area contributed by atoms with Crippen LogP contribution in [-0.2, 0) is 13.5 Å². The number of halogens is 1. The van der Waals surface area contributed by atoms with E-state index in [1.165, 1.54) is 0 Å². The lowest BCUT2D eigenvalue weighted by atomic mass is 10.0. The Labute approximate surface area is 118 Å². The number of ether oxygens (including phenoxy) is 1. The van der Waals surface area contributed by atoms with Crippen molar-refractivity contribution in [3.05, 3.63) is 41.2 Å². The van der Waals surface area contributed by atoms with Gasteiger partial charge in [0, 0.05) is 23.7 Å². The standard InChI is InChI=1S/C14H18ClN3O/c1-3-10(16)7-12-13(15)5-4-6-14(12)19-11-8-17-18(2)9-11/h4-6,8-10H,3,7,16H2,1-2H3. The van der Waals surface area contributed by atoms with Crippen LogP contribution in [0.15, 0.2) is 30.6 Å². The van der Waals surface area contributed by atoms with E-state index in [1.54, 1.807) is 10.9 Å². The second-order valence-electron chi connectivity index (χ2n) is 4.54. The number of benzene rings is 1. The average Bonchev–Trinajstić information content (AvgIpc) is 2.79. The molecule has 2 rings (SSSR count). The molecule has 102 valence electrons. The summed E-state index contributed by atoms with van der Waals surface area (Å²) in [4.78, 5) is 0. The molecule has 0 spiro atoms. The maximum Gasteiger partial charge on any atom is 0.165 e. The Morgan fingerprint density at radius 2 is 2.26 bits per heavy atom. The highest BCUT2D eigenvalue weighted by Gasteiger charge is 2.13. The summed E-state index contributed by atoms with van der Waals surface area (Å²) in [5, 5.41) is 4.76. The van der Waals surface area contributed by atoms with Gasteiger partial charge in [-0.3, -0.25) is 4.68 Å². The van der Waals surface area contributed by atoms with E-state index >= 15 is 0 Å². The molecule has 0 aliphatic rings. The third-order valence-electron chi connectivity index (χ3n) is 2.98. The molecule has 2 aromatic rings. The number of aryl methyl sites for hydroxylation is 1. The van der Waals surface area contributed by atoms with Crippen molar-refractivity contribution in [2.45, 2.75) is 25.8 Å². The van der Waals surface area contributed by atoms with Crippen LogP contribution in [0.2, 0.25) is 5.02 Å². The molecule has 0 fully saturated rings. The van der Waals surface area contributed by atoms with Gasteiger partial charge in [-0.25, -0.2) is 0 Å². The first-order chi connectivity index (χ1) is 9.10. The lowest BCUT2D eigenvalue weighted by molar-refractivity contribution is 0.471. The number of hydrogen-bond acceptors (Lipinski definition) is 3. The fourth-order valence-electron chi connectivity index (χ4n) is 1.82. The van der Waals surface area contributed by atoms with Crippen LogP contribution in [0.25, 0.3) is 0 Å². The second-order valence-corrected chi connectivity index (χ2v) is 4.95. The van der Waals surface area contributed by atoms with E-state index in [1.807, 2.05) is 31.4 Å². The SMILES string of the molecule is CCC(N)Cc1c(Cl)cccc1Oc1cnn(C)c1. The third-order valence-corrected chi connectivity index (χ3v) is 3.33. The number of rotatable bonds is 5. The largest absolute Gasteiger partial charge is 0.454 e. The van der Waals surface area contributed by atoms with Crippen LogP contribution in [0.3, 0.4) is 0 Å². The summed E-state index contributed by atoms with van der Waals surface area (Å²) in [6.07, 6.45) is 5.08. The van der Waals surface area contributed by atoms with Crippen LogP contribution in [-0.4, -0.2) is 15.8 Å². The lowest BCUT2D eigenvalue weighted by Crippen LogP contribution is -2.21. The van der Waals surface area contributed by atoms with Gasteiger partial charge in [-0.05, 0) is 25.0 Å². The molecular formula is C14H18ClN3O. The van der Waals surface area contributed by atoms with Gasteiger partial charge < -0.3 is 10.5 Å². The zero-order valence-electron chi connectivity index (χ0n) is 11.1. The van der Waals surface area contributed by atoms with Gasteiger partial charge in [0.1, 0.15) is 5.75 Å². The van der Waals surface area contributed by atoms with Gasteiger partial charge in [-0.15, -0.1) is 0 Å². The Bertz CT molecular complexity index is 553. The highest BCUT2D eigenvalue weighted by Crippen LogP contribution is 2.31. The summed E-state index contributed by atoms with van der Waals surface area (Å²) >= 11 is 6.25. The molecule has 1 atom stereocenters. The van der Waals surface area contributed by atoms with Gasteiger partial charge in [0.15, 0.2) is 5.75 Å². The monoisotopic (exact) mass is 279 g/mol. The normalized spacial score (nSPS) is 12.4. The summed E-state index contributed by atoms with van der Waals surface area (Å²) in [7, 11) is 1.85. The van der Waals surface area contributed by atoms with E-state index in [4.69, 9.17) is 22.1 Å². The highest BCUT2D eigenvalue weighted by molar-refractivity contribution is 6.31. The summed E-state index contributed by atoms with van der Waals surface area (Å²) in [5.41, 5.74) is 6.96. The predicted molar refractivity (Wildman–Crippen MR) is 76.7 cm³/mol. The molecule has 4 nitrogen and oxygen atoms in total. The Kier molecular flexibility index (Phi) is 4.45. The second kappa shape index (κ2) is 6.08. The van der Waals surface area contributed by atoms with E-state index < -0.39 is 0 Å². The number of nitrogens with two attached hydrogens (primary N) is 1. The van der Waals surface area contributed by atoms with Crippen molar-refractivity contribution in [2.24, 2.45) is 12.8 Å². The maximum absolute atomic E-state index is 6.25. The van der Waals surface area contributed by atoms with Gasteiger partial charge in [-0.2, -0.15) is 5.10 Å². The fraction of sp³-hybridized carbons (Fsp3) is 0.357. The number of nitrogens with zero attached hydrogens (tertiary/aromatic N) is 2. The van der Waals surface area contributed by atoms with Gasteiger partial charge in [-0.1, -0.05) is 24.6 Å². The first-order valence-corrected chi connectivity index (χ1v) is 6.67. The smallest absolute Gasteiger partial charge is 0.165 e. The Balaban J connectivity index is 2.26. The van der Waals surface area contributed by atoms with Crippen molar-refractivity contribution in [3.63, 3.8) is 0 Å². The lowest BCUT2D eigenvalue weighted by Gasteiger charge is -2.14.